The third-order valence-electron chi connectivity index (χ3n) is 6.49. The molecule has 7 heteroatoms. The maximum atomic E-state index is 13.5. The van der Waals surface area contributed by atoms with Crippen LogP contribution in [0.25, 0.3) is 0 Å². The molecule has 7 nitrogen and oxygen atoms in total. The van der Waals surface area contributed by atoms with Crippen molar-refractivity contribution >= 4 is 23.5 Å². The molecule has 1 saturated heterocycles. The van der Waals surface area contributed by atoms with Crippen LogP contribution in [-0.4, -0.2) is 35.8 Å². The van der Waals surface area contributed by atoms with Crippen molar-refractivity contribution in [1.29, 1.82) is 5.26 Å². The number of fused-ring (bicyclic) bond motifs is 2. The van der Waals surface area contributed by atoms with Crippen LogP contribution in [0.5, 0.6) is 0 Å². The number of benzene rings is 2. The molecule has 0 saturated carbocycles. The van der Waals surface area contributed by atoms with Gasteiger partial charge in [0, 0.05) is 12.2 Å². The maximum absolute atomic E-state index is 13.5. The van der Waals surface area contributed by atoms with Crippen molar-refractivity contribution in [2.24, 2.45) is 0 Å². The van der Waals surface area contributed by atoms with E-state index in [9.17, 15) is 14.4 Å². The van der Waals surface area contributed by atoms with Gasteiger partial charge < -0.3 is 10.2 Å². The number of urea groups is 1. The average molecular weight is 431 g/mol. The summed E-state index contributed by atoms with van der Waals surface area (Å²) < 4.78 is 0. The summed E-state index contributed by atoms with van der Waals surface area (Å²) in [7, 11) is 0. The van der Waals surface area contributed by atoms with Crippen molar-refractivity contribution in [2.45, 2.75) is 45.1 Å². The number of imide groups is 1. The van der Waals surface area contributed by atoms with Crippen molar-refractivity contribution < 1.29 is 14.4 Å². The number of amides is 4. The van der Waals surface area contributed by atoms with E-state index in [4.69, 9.17) is 5.26 Å². The van der Waals surface area contributed by atoms with Crippen molar-refractivity contribution in [2.75, 3.05) is 18.0 Å². The minimum atomic E-state index is -1.11. The second-order valence-corrected chi connectivity index (χ2v) is 8.46. The molecule has 1 spiro atoms. The zero-order valence-electron chi connectivity index (χ0n) is 18.4. The van der Waals surface area contributed by atoms with E-state index in [0.717, 1.165) is 40.0 Å². The van der Waals surface area contributed by atoms with Gasteiger partial charge in [0.2, 0.25) is 5.91 Å². The van der Waals surface area contributed by atoms with Gasteiger partial charge in [-0.3, -0.25) is 14.5 Å². The fourth-order valence-electron chi connectivity index (χ4n) is 4.63. The van der Waals surface area contributed by atoms with E-state index in [1.807, 2.05) is 56.3 Å². The zero-order valence-corrected chi connectivity index (χ0v) is 18.4. The normalized spacial score (nSPS) is 19.5. The molecule has 0 radical (unpaired) electrons. The first kappa shape index (κ1) is 21.6. The Hall–Kier alpha value is -3.66. The highest BCUT2D eigenvalue weighted by atomic mass is 16.2. The number of nitrogens with zero attached hydrogens (tertiary/aromatic N) is 3. The average Bonchev–Trinajstić information content (AvgIpc) is 3.01. The predicted octanol–water partition coefficient (Wildman–Crippen LogP) is 3.33. The first-order chi connectivity index (χ1) is 15.4. The number of nitrogens with one attached hydrogen (secondary N) is 1. The van der Waals surface area contributed by atoms with Crippen LogP contribution in [0.4, 0.5) is 10.5 Å². The van der Waals surface area contributed by atoms with Gasteiger partial charge in [-0.15, -0.1) is 0 Å². The number of hydrogen-bond donors (Lipinski definition) is 1. The molecular weight excluding hydrogens is 404 g/mol. The minimum absolute atomic E-state index is 0.149. The maximum Gasteiger partial charge on any atom is 0.325 e. The molecule has 4 amide bonds. The quantitative estimate of drug-likeness (QED) is 0.737. The van der Waals surface area contributed by atoms with Crippen molar-refractivity contribution in [1.82, 2.24) is 10.2 Å². The third kappa shape index (κ3) is 3.62. The van der Waals surface area contributed by atoms with Crippen molar-refractivity contribution in [3.63, 3.8) is 0 Å². The van der Waals surface area contributed by atoms with Crippen LogP contribution in [0, 0.1) is 25.2 Å². The lowest BCUT2D eigenvalue weighted by Crippen LogP contribution is -2.47. The molecule has 0 aromatic heterocycles. The van der Waals surface area contributed by atoms with Crippen LogP contribution in [0.15, 0.2) is 42.5 Å². The molecule has 1 aliphatic heterocycles. The summed E-state index contributed by atoms with van der Waals surface area (Å²) in [5.74, 6) is -0.781. The summed E-state index contributed by atoms with van der Waals surface area (Å²) in [4.78, 5) is 42.1. The Kier molecular flexibility index (Phi) is 5.70. The van der Waals surface area contributed by atoms with Gasteiger partial charge in [-0.2, -0.15) is 5.26 Å². The molecule has 164 valence electrons. The van der Waals surface area contributed by atoms with Crippen LogP contribution in [-0.2, 0) is 21.5 Å². The smallest absolute Gasteiger partial charge is 0.319 e. The lowest BCUT2D eigenvalue weighted by Gasteiger charge is -2.33. The number of anilines is 1. The van der Waals surface area contributed by atoms with E-state index in [-0.39, 0.29) is 25.4 Å². The molecule has 2 aromatic rings. The van der Waals surface area contributed by atoms with E-state index in [2.05, 4.69) is 11.4 Å². The molecule has 1 fully saturated rings. The molecule has 0 bridgehead atoms. The fraction of sp³-hybridized carbons (Fsp3) is 0.360. The summed E-state index contributed by atoms with van der Waals surface area (Å²) >= 11 is 0. The minimum Gasteiger partial charge on any atom is -0.319 e. The van der Waals surface area contributed by atoms with Gasteiger partial charge in [0.1, 0.15) is 12.1 Å². The van der Waals surface area contributed by atoms with Gasteiger partial charge >= 0.3 is 6.03 Å². The first-order valence-corrected chi connectivity index (χ1v) is 10.8. The Morgan fingerprint density at radius 2 is 1.97 bits per heavy atom. The molecule has 4 rings (SSSR count). The van der Waals surface area contributed by atoms with Crippen LogP contribution in [0.1, 0.15) is 41.5 Å². The van der Waals surface area contributed by atoms with E-state index in [1.54, 1.807) is 0 Å². The summed E-state index contributed by atoms with van der Waals surface area (Å²) in [5, 5.41) is 11.9. The third-order valence-corrected chi connectivity index (χ3v) is 6.49. The molecular formula is C25H26N4O3. The van der Waals surface area contributed by atoms with Crippen LogP contribution < -0.4 is 10.2 Å². The van der Waals surface area contributed by atoms with Gasteiger partial charge in [0.25, 0.3) is 5.91 Å². The first-order valence-electron chi connectivity index (χ1n) is 10.8. The Balaban J connectivity index is 1.61. The van der Waals surface area contributed by atoms with E-state index < -0.39 is 17.5 Å². The molecule has 1 heterocycles. The van der Waals surface area contributed by atoms with Gasteiger partial charge in [-0.25, -0.2) is 4.79 Å². The fourth-order valence-corrected chi connectivity index (χ4v) is 4.63. The lowest BCUT2D eigenvalue weighted by molar-refractivity contribution is -0.135. The van der Waals surface area contributed by atoms with Gasteiger partial charge in [0.15, 0.2) is 0 Å². The highest BCUT2D eigenvalue weighted by Crippen LogP contribution is 2.39. The topological polar surface area (TPSA) is 93.5 Å². The largest absolute Gasteiger partial charge is 0.325 e. The summed E-state index contributed by atoms with van der Waals surface area (Å²) in [5.41, 5.74) is 3.52. The Bertz CT molecular complexity index is 1140. The molecule has 2 aliphatic rings. The van der Waals surface area contributed by atoms with Crippen LogP contribution in [0.3, 0.4) is 0 Å². The van der Waals surface area contributed by atoms with Crippen molar-refractivity contribution in [3.05, 3.63) is 64.7 Å². The Labute approximate surface area is 187 Å². The number of nitriles is 1. The summed E-state index contributed by atoms with van der Waals surface area (Å²) in [6, 6.07) is 14.8. The molecule has 1 N–H and O–H groups in total. The zero-order chi connectivity index (χ0) is 22.9. The highest BCUT2D eigenvalue weighted by Gasteiger charge is 2.54. The van der Waals surface area contributed by atoms with Crippen LogP contribution in [0.2, 0.25) is 0 Å². The van der Waals surface area contributed by atoms with Crippen molar-refractivity contribution in [3.8, 4) is 6.07 Å². The number of aryl methyl sites for hydroxylation is 3. The number of rotatable bonds is 5. The molecule has 1 aliphatic carbocycles. The highest BCUT2D eigenvalue weighted by molar-refractivity contribution is 6.11. The Morgan fingerprint density at radius 3 is 2.72 bits per heavy atom. The molecule has 32 heavy (non-hydrogen) atoms. The monoisotopic (exact) mass is 430 g/mol. The molecule has 2 aromatic carbocycles. The summed E-state index contributed by atoms with van der Waals surface area (Å²) in [6.45, 7) is 3.76. The Morgan fingerprint density at radius 1 is 1.19 bits per heavy atom. The van der Waals surface area contributed by atoms with E-state index in [0.29, 0.717) is 12.1 Å². The van der Waals surface area contributed by atoms with E-state index >= 15 is 0 Å². The molecule has 1 atom stereocenters. The van der Waals surface area contributed by atoms with Crippen LogP contribution >= 0.6 is 0 Å². The standard InChI is InChI=1S/C25H26N4O3/c1-17-10-11-20(15-18(17)2)28(14-6-13-26)22(30)16-29-23(31)25(27-24(29)32)12-5-8-19-7-3-4-9-21(19)25/h3-4,7,9-11,15H,5-6,8,12,14,16H2,1-2H3,(H,27,32). The predicted molar refractivity (Wildman–Crippen MR) is 120 cm³/mol. The number of carbonyl (C=O) groups excluding carboxylic acids is 3. The molecule has 1 unspecified atom stereocenters. The van der Waals surface area contributed by atoms with E-state index in [1.165, 1.54) is 4.90 Å². The second kappa shape index (κ2) is 8.46. The van der Waals surface area contributed by atoms with Gasteiger partial charge in [0.05, 0.1) is 12.5 Å². The summed E-state index contributed by atoms with van der Waals surface area (Å²) in [6.07, 6.45) is 2.29. The van der Waals surface area contributed by atoms with Gasteiger partial charge in [-0.1, -0.05) is 30.3 Å². The number of carbonyl (C=O) groups is 3. The lowest BCUT2D eigenvalue weighted by atomic mass is 9.76. The number of hydrogen-bond acceptors (Lipinski definition) is 4. The second-order valence-electron chi connectivity index (χ2n) is 8.46. The van der Waals surface area contributed by atoms with Gasteiger partial charge in [-0.05, 0) is 67.5 Å². The SMILES string of the molecule is Cc1ccc(N(CCC#N)C(=O)CN2C(=O)NC3(CCCc4ccccc43)C2=O)cc1C.